The Morgan fingerprint density at radius 2 is 1.66 bits per heavy atom. The van der Waals surface area contributed by atoms with Gasteiger partial charge < -0.3 is 40.3 Å². The number of aryl methyl sites for hydroxylation is 3. The third-order valence-corrected chi connectivity index (χ3v) is 9.24. The molecule has 0 saturated heterocycles. The molecule has 0 spiro atoms. The molecule has 1 heterocycles. The Kier molecular flexibility index (Phi) is 11.7. The van der Waals surface area contributed by atoms with Gasteiger partial charge >= 0.3 is 0 Å². The highest BCUT2D eigenvalue weighted by molar-refractivity contribution is 5.76. The molecule has 5 rings (SSSR count). The Hall–Kier alpha value is -3.38. The van der Waals surface area contributed by atoms with E-state index in [1.165, 1.54) is 11.1 Å². The van der Waals surface area contributed by atoms with Crippen LogP contribution >= 0.6 is 0 Å². The number of unbranched alkanes of at least 4 members (excludes halogenated alkanes) is 1. The number of carbonyl (C=O) groups excluding carboxylic acids is 1. The van der Waals surface area contributed by atoms with E-state index in [1.807, 2.05) is 30.6 Å². The number of aliphatic hydroxyl groups is 5. The monoisotopic (exact) mass is 648 g/mol. The van der Waals surface area contributed by atoms with Crippen LogP contribution in [0.5, 0.6) is 5.75 Å². The summed E-state index contributed by atoms with van der Waals surface area (Å²) in [4.78, 5) is 16.7. The molecule has 4 atom stereocenters. The molecule has 254 valence electrons. The summed E-state index contributed by atoms with van der Waals surface area (Å²) in [6.07, 6.45) is 4.20. The molecule has 2 aliphatic rings. The fourth-order valence-corrected chi connectivity index (χ4v) is 5.92. The molecule has 4 unspecified atom stereocenters. The van der Waals surface area contributed by atoms with E-state index in [2.05, 4.69) is 48.4 Å². The zero-order valence-electron chi connectivity index (χ0n) is 27.3. The number of amides is 1. The van der Waals surface area contributed by atoms with Gasteiger partial charge in [-0.05, 0) is 98.7 Å². The number of rotatable bonds is 18. The second-order valence-corrected chi connectivity index (χ2v) is 13.0. The zero-order chi connectivity index (χ0) is 33.6. The van der Waals surface area contributed by atoms with Crippen molar-refractivity contribution in [3.05, 3.63) is 82.7 Å². The molecule has 10 nitrogen and oxygen atoms in total. The topological polar surface area (TPSA) is 162 Å². The average molecular weight is 649 g/mol. The standard InChI is InChI=1S/C37H48N2O8/c1-23-18-26(24(2)17-25(23)7-3-6-10-34(43)39-20-31(41)35(44)36(45)32(42)21-40)22-46-37(14-15-37)30-19-38-16-13-28(30)29-8-4-5-9-33(29)47-27-11-12-27/h4-5,8-9,13,16-19,27,31-32,35-36,40-42,44-45H,3,6-7,10-12,14-15,20-22H2,1-2H3,(H,39,43). The lowest BCUT2D eigenvalue weighted by Gasteiger charge is -2.25. The molecule has 2 fully saturated rings. The molecular formula is C37H48N2O8. The van der Waals surface area contributed by atoms with Crippen molar-refractivity contribution in [3.63, 3.8) is 0 Å². The number of para-hydroxylation sites is 1. The molecule has 47 heavy (non-hydrogen) atoms. The average Bonchev–Trinajstić information content (AvgIpc) is 4.03. The smallest absolute Gasteiger partial charge is 0.220 e. The second kappa shape index (κ2) is 15.7. The number of nitrogens with zero attached hydrogens (tertiary/aromatic N) is 1. The van der Waals surface area contributed by atoms with Crippen LogP contribution in [-0.4, -0.2) is 80.1 Å². The van der Waals surface area contributed by atoms with Crippen molar-refractivity contribution in [2.24, 2.45) is 0 Å². The van der Waals surface area contributed by atoms with Gasteiger partial charge in [0.15, 0.2) is 0 Å². The van der Waals surface area contributed by atoms with Crippen LogP contribution in [0.2, 0.25) is 0 Å². The van der Waals surface area contributed by atoms with Crippen LogP contribution in [0.3, 0.4) is 0 Å². The fraction of sp³-hybridized carbons (Fsp3) is 0.514. The molecule has 1 aromatic heterocycles. The van der Waals surface area contributed by atoms with Gasteiger partial charge in [0.25, 0.3) is 0 Å². The number of ether oxygens (including phenoxy) is 2. The number of benzene rings is 2. The van der Waals surface area contributed by atoms with Gasteiger partial charge in [-0.2, -0.15) is 0 Å². The molecule has 0 radical (unpaired) electrons. The minimum Gasteiger partial charge on any atom is -0.490 e. The zero-order valence-corrected chi connectivity index (χ0v) is 27.3. The summed E-state index contributed by atoms with van der Waals surface area (Å²) in [5.41, 5.74) is 7.63. The fourth-order valence-electron chi connectivity index (χ4n) is 5.92. The lowest BCUT2D eigenvalue weighted by atomic mass is 9.95. The molecule has 3 aromatic rings. The first-order chi connectivity index (χ1) is 22.6. The van der Waals surface area contributed by atoms with Crippen molar-refractivity contribution in [1.82, 2.24) is 10.3 Å². The van der Waals surface area contributed by atoms with Crippen molar-refractivity contribution in [2.45, 2.75) is 108 Å². The molecule has 6 N–H and O–H groups in total. The third-order valence-electron chi connectivity index (χ3n) is 9.24. The first-order valence-corrected chi connectivity index (χ1v) is 16.6. The number of hydrogen-bond acceptors (Lipinski definition) is 9. The van der Waals surface area contributed by atoms with E-state index in [4.69, 9.17) is 14.6 Å². The van der Waals surface area contributed by atoms with E-state index in [0.717, 1.165) is 72.1 Å². The molecule has 2 aliphatic carbocycles. The van der Waals surface area contributed by atoms with Crippen molar-refractivity contribution in [1.29, 1.82) is 0 Å². The number of carbonyl (C=O) groups is 1. The summed E-state index contributed by atoms with van der Waals surface area (Å²) in [6.45, 7) is 3.67. The van der Waals surface area contributed by atoms with Crippen molar-refractivity contribution < 1.29 is 39.8 Å². The normalized spacial score (nSPS) is 17.9. The maximum absolute atomic E-state index is 12.3. The predicted molar refractivity (Wildman–Crippen MR) is 177 cm³/mol. The quantitative estimate of drug-likeness (QED) is 0.114. The van der Waals surface area contributed by atoms with Crippen LogP contribution in [0.1, 0.15) is 72.8 Å². The first-order valence-electron chi connectivity index (χ1n) is 16.6. The first kappa shape index (κ1) is 34.9. The molecule has 0 aliphatic heterocycles. The van der Waals surface area contributed by atoms with E-state index in [-0.39, 0.29) is 24.5 Å². The molecule has 2 saturated carbocycles. The van der Waals surface area contributed by atoms with Crippen LogP contribution < -0.4 is 10.1 Å². The summed E-state index contributed by atoms with van der Waals surface area (Å²) >= 11 is 0. The van der Waals surface area contributed by atoms with E-state index >= 15 is 0 Å². The summed E-state index contributed by atoms with van der Waals surface area (Å²) in [6, 6.07) is 14.7. The summed E-state index contributed by atoms with van der Waals surface area (Å²) in [5, 5.41) is 50.4. The maximum atomic E-state index is 12.3. The molecule has 1 amide bonds. The molecular weight excluding hydrogens is 600 g/mol. The van der Waals surface area contributed by atoms with Crippen LogP contribution in [0.4, 0.5) is 0 Å². The summed E-state index contributed by atoms with van der Waals surface area (Å²) < 4.78 is 12.9. The highest BCUT2D eigenvalue weighted by atomic mass is 16.5. The maximum Gasteiger partial charge on any atom is 0.220 e. The van der Waals surface area contributed by atoms with Crippen molar-refractivity contribution in [3.8, 4) is 16.9 Å². The van der Waals surface area contributed by atoms with Gasteiger partial charge in [0.1, 0.15) is 24.1 Å². The molecule has 10 heteroatoms. The van der Waals surface area contributed by atoms with Gasteiger partial charge in [-0.15, -0.1) is 0 Å². The summed E-state index contributed by atoms with van der Waals surface area (Å²) in [5.74, 6) is 0.630. The van der Waals surface area contributed by atoms with E-state index in [9.17, 15) is 25.2 Å². The number of aliphatic hydroxyl groups excluding tert-OH is 5. The highest BCUT2D eigenvalue weighted by Gasteiger charge is 2.47. The minimum absolute atomic E-state index is 0.254. The lowest BCUT2D eigenvalue weighted by Crippen LogP contribution is -2.49. The Bertz CT molecular complexity index is 1510. The molecule has 2 aromatic carbocycles. The van der Waals surface area contributed by atoms with Crippen LogP contribution in [0.25, 0.3) is 11.1 Å². The van der Waals surface area contributed by atoms with Crippen LogP contribution in [-0.2, 0) is 28.2 Å². The van der Waals surface area contributed by atoms with Gasteiger partial charge in [0.2, 0.25) is 5.91 Å². The third kappa shape index (κ3) is 8.95. The Morgan fingerprint density at radius 1 is 0.957 bits per heavy atom. The van der Waals surface area contributed by atoms with E-state index in [0.29, 0.717) is 19.1 Å². The number of pyridine rings is 1. The van der Waals surface area contributed by atoms with E-state index < -0.39 is 31.0 Å². The Balaban J connectivity index is 1.12. The summed E-state index contributed by atoms with van der Waals surface area (Å²) in [7, 11) is 0. The Morgan fingerprint density at radius 3 is 2.38 bits per heavy atom. The second-order valence-electron chi connectivity index (χ2n) is 13.0. The highest BCUT2D eigenvalue weighted by Crippen LogP contribution is 2.53. The van der Waals surface area contributed by atoms with Gasteiger partial charge in [-0.25, -0.2) is 0 Å². The van der Waals surface area contributed by atoms with Crippen molar-refractivity contribution in [2.75, 3.05) is 13.2 Å². The van der Waals surface area contributed by atoms with Gasteiger partial charge in [0.05, 0.1) is 31.0 Å². The number of aromatic nitrogens is 1. The van der Waals surface area contributed by atoms with Gasteiger partial charge in [-0.1, -0.05) is 30.3 Å². The number of nitrogens with one attached hydrogen (secondary N) is 1. The number of hydrogen-bond donors (Lipinski definition) is 6. The minimum atomic E-state index is -1.72. The Labute approximate surface area is 276 Å². The predicted octanol–water partition coefficient (Wildman–Crippen LogP) is 3.38. The van der Waals surface area contributed by atoms with Gasteiger partial charge in [-0.3, -0.25) is 9.78 Å². The van der Waals surface area contributed by atoms with Gasteiger partial charge in [0, 0.05) is 36.5 Å². The SMILES string of the molecule is Cc1cc(COC2(c3cnccc3-c3ccccc3OC3CC3)CC2)c(C)cc1CCCCC(=O)NCC(O)C(O)C(O)C(O)CO. The van der Waals surface area contributed by atoms with E-state index in [1.54, 1.807) is 0 Å². The largest absolute Gasteiger partial charge is 0.490 e. The lowest BCUT2D eigenvalue weighted by molar-refractivity contribution is -0.126. The van der Waals surface area contributed by atoms with Crippen LogP contribution in [0.15, 0.2) is 54.9 Å². The van der Waals surface area contributed by atoms with Crippen molar-refractivity contribution >= 4 is 5.91 Å². The van der Waals surface area contributed by atoms with Crippen LogP contribution in [0, 0.1) is 13.8 Å². The molecule has 0 bridgehead atoms.